The third-order valence-corrected chi connectivity index (χ3v) is 3.20. The quantitative estimate of drug-likeness (QED) is 0.674. The maximum atomic E-state index is 5.77. The van der Waals surface area contributed by atoms with Gasteiger partial charge in [0.1, 0.15) is 12.4 Å². The topological polar surface area (TPSA) is 56.5 Å². The molecule has 4 heteroatoms. The van der Waals surface area contributed by atoms with Crippen molar-refractivity contribution >= 4 is 5.69 Å². The Bertz CT molecular complexity index is 356. The summed E-state index contributed by atoms with van der Waals surface area (Å²) in [6.45, 7) is 7.15. The Kier molecular flexibility index (Phi) is 7.30. The Morgan fingerprint density at radius 1 is 1.26 bits per heavy atom. The predicted octanol–water partition coefficient (Wildman–Crippen LogP) is 2.35. The van der Waals surface area contributed by atoms with Crippen molar-refractivity contribution in [3.05, 3.63) is 24.3 Å². The van der Waals surface area contributed by atoms with E-state index in [1.54, 1.807) is 7.11 Å². The molecule has 0 radical (unpaired) electrons. The van der Waals surface area contributed by atoms with Crippen LogP contribution < -0.4 is 15.8 Å². The minimum atomic E-state index is 0.484. The zero-order chi connectivity index (χ0) is 14.1. The summed E-state index contributed by atoms with van der Waals surface area (Å²) in [6.07, 6.45) is 0. The molecule has 0 amide bonds. The molecule has 0 bridgehead atoms. The van der Waals surface area contributed by atoms with Gasteiger partial charge in [0.15, 0.2) is 0 Å². The molecular formula is C15H26N2O2. The molecule has 1 atom stereocenters. The number of hydrogen-bond donors (Lipinski definition) is 2. The second-order valence-electron chi connectivity index (χ2n) is 4.99. The SMILES string of the molecule is COCCOc1cccc(NCC(CN)C(C)C)c1. The molecule has 1 aromatic rings. The molecule has 4 nitrogen and oxygen atoms in total. The first-order valence-electron chi connectivity index (χ1n) is 6.83. The summed E-state index contributed by atoms with van der Waals surface area (Å²) in [5.74, 6) is 1.92. The van der Waals surface area contributed by atoms with Gasteiger partial charge in [0, 0.05) is 25.4 Å². The predicted molar refractivity (Wildman–Crippen MR) is 79.7 cm³/mol. The van der Waals surface area contributed by atoms with E-state index in [0.29, 0.717) is 31.6 Å². The fourth-order valence-corrected chi connectivity index (χ4v) is 1.78. The Labute approximate surface area is 116 Å². The van der Waals surface area contributed by atoms with Crippen molar-refractivity contribution in [3.63, 3.8) is 0 Å². The van der Waals surface area contributed by atoms with E-state index in [4.69, 9.17) is 15.2 Å². The summed E-state index contributed by atoms with van der Waals surface area (Å²) in [6, 6.07) is 7.97. The van der Waals surface area contributed by atoms with Gasteiger partial charge < -0.3 is 20.5 Å². The molecule has 19 heavy (non-hydrogen) atoms. The van der Waals surface area contributed by atoms with E-state index in [9.17, 15) is 0 Å². The number of nitrogens with one attached hydrogen (secondary N) is 1. The van der Waals surface area contributed by atoms with Crippen molar-refractivity contribution in [2.45, 2.75) is 13.8 Å². The number of methoxy groups -OCH3 is 1. The minimum Gasteiger partial charge on any atom is -0.491 e. The zero-order valence-electron chi connectivity index (χ0n) is 12.2. The summed E-state index contributed by atoms with van der Waals surface area (Å²) >= 11 is 0. The summed E-state index contributed by atoms with van der Waals surface area (Å²) in [7, 11) is 1.67. The van der Waals surface area contributed by atoms with Crippen LogP contribution in [0.2, 0.25) is 0 Å². The smallest absolute Gasteiger partial charge is 0.121 e. The molecule has 0 saturated heterocycles. The van der Waals surface area contributed by atoms with Crippen LogP contribution in [0.1, 0.15) is 13.8 Å². The van der Waals surface area contributed by atoms with Crippen LogP contribution in [0.5, 0.6) is 5.75 Å². The molecule has 0 aliphatic rings. The molecule has 1 aromatic carbocycles. The maximum absolute atomic E-state index is 5.77. The molecule has 1 unspecified atom stereocenters. The number of ether oxygens (including phenoxy) is 2. The highest BCUT2D eigenvalue weighted by Crippen LogP contribution is 2.18. The van der Waals surface area contributed by atoms with Gasteiger partial charge in [0.25, 0.3) is 0 Å². The Morgan fingerprint density at radius 2 is 2.05 bits per heavy atom. The van der Waals surface area contributed by atoms with E-state index in [0.717, 1.165) is 18.0 Å². The van der Waals surface area contributed by atoms with Crippen LogP contribution in [0.3, 0.4) is 0 Å². The monoisotopic (exact) mass is 266 g/mol. The molecule has 3 N–H and O–H groups in total. The van der Waals surface area contributed by atoms with Gasteiger partial charge in [-0.25, -0.2) is 0 Å². The van der Waals surface area contributed by atoms with E-state index in [-0.39, 0.29) is 0 Å². The molecule has 0 fully saturated rings. The molecule has 108 valence electrons. The molecule has 0 aliphatic heterocycles. The fraction of sp³-hybridized carbons (Fsp3) is 0.600. The van der Waals surface area contributed by atoms with Crippen molar-refractivity contribution < 1.29 is 9.47 Å². The minimum absolute atomic E-state index is 0.484. The first-order valence-corrected chi connectivity index (χ1v) is 6.83. The molecule has 0 saturated carbocycles. The zero-order valence-corrected chi connectivity index (χ0v) is 12.2. The van der Waals surface area contributed by atoms with Gasteiger partial charge in [-0.2, -0.15) is 0 Å². The maximum Gasteiger partial charge on any atom is 0.121 e. The Balaban J connectivity index is 2.47. The van der Waals surface area contributed by atoms with E-state index in [2.05, 4.69) is 19.2 Å². The lowest BCUT2D eigenvalue weighted by Gasteiger charge is -2.20. The Hall–Kier alpha value is -1.26. The van der Waals surface area contributed by atoms with E-state index >= 15 is 0 Å². The summed E-state index contributed by atoms with van der Waals surface area (Å²) in [4.78, 5) is 0. The van der Waals surface area contributed by atoms with E-state index < -0.39 is 0 Å². The van der Waals surface area contributed by atoms with Gasteiger partial charge in [-0.15, -0.1) is 0 Å². The van der Waals surface area contributed by atoms with Crippen molar-refractivity contribution in [2.24, 2.45) is 17.6 Å². The first kappa shape index (κ1) is 15.8. The van der Waals surface area contributed by atoms with Gasteiger partial charge >= 0.3 is 0 Å². The Morgan fingerprint density at radius 3 is 2.68 bits per heavy atom. The highest BCUT2D eigenvalue weighted by atomic mass is 16.5. The van der Waals surface area contributed by atoms with E-state index in [1.807, 2.05) is 24.3 Å². The summed E-state index contributed by atoms with van der Waals surface area (Å²) in [5, 5.41) is 3.42. The van der Waals surface area contributed by atoms with Crippen LogP contribution >= 0.6 is 0 Å². The average Bonchev–Trinajstić information content (AvgIpc) is 2.40. The van der Waals surface area contributed by atoms with Crippen molar-refractivity contribution in [2.75, 3.05) is 38.7 Å². The van der Waals surface area contributed by atoms with Gasteiger partial charge in [0.2, 0.25) is 0 Å². The highest BCUT2D eigenvalue weighted by molar-refractivity contribution is 5.48. The second kappa shape index (κ2) is 8.77. The molecule has 0 spiro atoms. The molecule has 0 aliphatic carbocycles. The molecule has 0 heterocycles. The third kappa shape index (κ3) is 5.94. The molecule has 1 rings (SSSR count). The van der Waals surface area contributed by atoms with Crippen LogP contribution in [0.15, 0.2) is 24.3 Å². The van der Waals surface area contributed by atoms with Crippen molar-refractivity contribution in [1.82, 2.24) is 0 Å². The van der Waals surface area contributed by atoms with Crippen molar-refractivity contribution in [3.8, 4) is 5.75 Å². The number of anilines is 1. The number of benzene rings is 1. The number of nitrogens with two attached hydrogens (primary N) is 1. The van der Waals surface area contributed by atoms with Crippen LogP contribution in [-0.2, 0) is 4.74 Å². The van der Waals surface area contributed by atoms with Gasteiger partial charge in [-0.1, -0.05) is 19.9 Å². The van der Waals surface area contributed by atoms with Gasteiger partial charge in [-0.3, -0.25) is 0 Å². The third-order valence-electron chi connectivity index (χ3n) is 3.20. The van der Waals surface area contributed by atoms with Gasteiger partial charge in [0.05, 0.1) is 6.61 Å². The van der Waals surface area contributed by atoms with Gasteiger partial charge in [-0.05, 0) is 30.5 Å². The molecular weight excluding hydrogens is 240 g/mol. The summed E-state index contributed by atoms with van der Waals surface area (Å²) in [5.41, 5.74) is 6.83. The number of rotatable bonds is 9. The lowest BCUT2D eigenvalue weighted by Crippen LogP contribution is -2.27. The van der Waals surface area contributed by atoms with Crippen LogP contribution in [0.4, 0.5) is 5.69 Å². The largest absolute Gasteiger partial charge is 0.491 e. The summed E-state index contributed by atoms with van der Waals surface area (Å²) < 4.78 is 10.5. The highest BCUT2D eigenvalue weighted by Gasteiger charge is 2.10. The average molecular weight is 266 g/mol. The van der Waals surface area contributed by atoms with Crippen LogP contribution in [0, 0.1) is 11.8 Å². The molecule has 0 aromatic heterocycles. The van der Waals surface area contributed by atoms with E-state index in [1.165, 1.54) is 0 Å². The van der Waals surface area contributed by atoms with Crippen LogP contribution in [0.25, 0.3) is 0 Å². The first-order chi connectivity index (χ1) is 9.17. The fourth-order valence-electron chi connectivity index (χ4n) is 1.78. The van der Waals surface area contributed by atoms with Crippen molar-refractivity contribution in [1.29, 1.82) is 0 Å². The van der Waals surface area contributed by atoms with Crippen LogP contribution in [-0.4, -0.2) is 33.4 Å². The lowest BCUT2D eigenvalue weighted by atomic mass is 9.96. The lowest BCUT2D eigenvalue weighted by molar-refractivity contribution is 0.146. The number of hydrogen-bond acceptors (Lipinski definition) is 4. The second-order valence-corrected chi connectivity index (χ2v) is 4.99. The standard InChI is InChI=1S/C15H26N2O2/c1-12(2)13(10-16)11-17-14-5-4-6-15(9-14)19-8-7-18-3/h4-6,9,12-13,17H,7-8,10-11,16H2,1-3H3. The normalized spacial score (nSPS) is 12.5.